The van der Waals surface area contributed by atoms with Crippen LogP contribution in [0.1, 0.15) is 24.2 Å². The smallest absolute Gasteiger partial charge is 0.338 e. The summed E-state index contributed by atoms with van der Waals surface area (Å²) in [5.41, 5.74) is 0.387. The van der Waals surface area contributed by atoms with Gasteiger partial charge in [0.25, 0.3) is 0 Å². The van der Waals surface area contributed by atoms with E-state index in [4.69, 9.17) is 18.9 Å². The van der Waals surface area contributed by atoms with E-state index in [1.165, 1.54) is 0 Å². The third kappa shape index (κ3) is 3.39. The summed E-state index contributed by atoms with van der Waals surface area (Å²) in [6.07, 6.45) is -4.60. The zero-order chi connectivity index (χ0) is 16.6. The van der Waals surface area contributed by atoms with Gasteiger partial charge in [0.2, 0.25) is 0 Å². The number of rotatable bonds is 4. The fourth-order valence-corrected chi connectivity index (χ4v) is 2.75. The molecule has 0 bridgehead atoms. The van der Waals surface area contributed by atoms with E-state index in [0.29, 0.717) is 5.56 Å². The van der Waals surface area contributed by atoms with Crippen LogP contribution in [0.4, 0.5) is 0 Å². The van der Waals surface area contributed by atoms with Crippen LogP contribution in [0, 0.1) is 0 Å². The quantitative estimate of drug-likeness (QED) is 0.776. The molecule has 2 aliphatic heterocycles. The Morgan fingerprint density at radius 1 is 1.30 bits per heavy atom. The molecule has 1 aromatic carbocycles. The van der Waals surface area contributed by atoms with Crippen molar-refractivity contribution in [2.24, 2.45) is 0 Å². The summed E-state index contributed by atoms with van der Waals surface area (Å²) >= 11 is 0. The number of esters is 1. The van der Waals surface area contributed by atoms with Crippen molar-refractivity contribution in [3.63, 3.8) is 0 Å². The lowest BCUT2D eigenvalue weighted by Crippen LogP contribution is -2.43. The number of hydrogen-bond donors (Lipinski definition) is 2. The molecule has 0 spiro atoms. The number of carbonyl (C=O) groups excluding carboxylic acids is 1. The van der Waals surface area contributed by atoms with Gasteiger partial charge < -0.3 is 29.2 Å². The highest BCUT2D eigenvalue weighted by Gasteiger charge is 2.56. The lowest BCUT2D eigenvalue weighted by molar-refractivity contribution is -0.227. The van der Waals surface area contributed by atoms with Crippen LogP contribution in [0.5, 0.6) is 0 Å². The summed E-state index contributed by atoms with van der Waals surface area (Å²) in [5, 5.41) is 20.3. The molecule has 0 saturated carbocycles. The average molecular weight is 324 g/mol. The van der Waals surface area contributed by atoms with Crippen molar-refractivity contribution in [2.45, 2.75) is 50.3 Å². The standard InChI is InChI=1S/C16H20O7/c1-16(2)22-13-11(18)12(21-15(13)23-16)10(17)8-20-14(19)9-6-4-3-5-7-9/h3-7,10-13,15,17-18H,8H2,1-2H3/t10-,11+,12+,13-,15-/m1/s1. The molecular weight excluding hydrogens is 304 g/mol. The minimum atomic E-state index is -1.18. The number of hydrogen-bond acceptors (Lipinski definition) is 7. The second-order valence-electron chi connectivity index (χ2n) is 6.09. The molecule has 5 atom stereocenters. The molecule has 2 aliphatic rings. The Labute approximate surface area is 133 Å². The SMILES string of the molecule is CC1(C)O[C@H]2O[C@@H]([C@H](O)COC(=O)c3ccccc3)[C@H](O)[C@H]2O1. The van der Waals surface area contributed by atoms with Crippen LogP contribution in [0.3, 0.4) is 0 Å². The number of carbonyl (C=O) groups is 1. The molecule has 1 aromatic rings. The predicted molar refractivity (Wildman–Crippen MR) is 77.4 cm³/mol. The van der Waals surface area contributed by atoms with Crippen LogP contribution in [-0.4, -0.2) is 59.3 Å². The van der Waals surface area contributed by atoms with Gasteiger partial charge in [-0.1, -0.05) is 18.2 Å². The molecule has 0 unspecified atom stereocenters. The molecular formula is C16H20O7. The summed E-state index contributed by atoms with van der Waals surface area (Å²) in [6.45, 7) is 3.14. The lowest BCUT2D eigenvalue weighted by Gasteiger charge is -2.25. The van der Waals surface area contributed by atoms with Crippen LogP contribution in [-0.2, 0) is 18.9 Å². The Balaban J connectivity index is 1.54. The fourth-order valence-electron chi connectivity index (χ4n) is 2.75. The summed E-state index contributed by atoms with van der Waals surface area (Å²) < 4.78 is 21.6. The van der Waals surface area contributed by atoms with Crippen molar-refractivity contribution in [1.82, 2.24) is 0 Å². The van der Waals surface area contributed by atoms with Gasteiger partial charge in [-0.15, -0.1) is 0 Å². The summed E-state index contributed by atoms with van der Waals surface area (Å²) in [6, 6.07) is 8.45. The first kappa shape index (κ1) is 16.4. The van der Waals surface area contributed by atoms with Gasteiger partial charge in [-0.2, -0.15) is 0 Å². The zero-order valence-electron chi connectivity index (χ0n) is 12.9. The maximum Gasteiger partial charge on any atom is 0.338 e. The molecule has 3 rings (SSSR count). The Kier molecular flexibility index (Phi) is 4.39. The molecule has 2 heterocycles. The number of aliphatic hydroxyl groups excluding tert-OH is 2. The highest BCUT2D eigenvalue weighted by atomic mass is 16.8. The largest absolute Gasteiger partial charge is 0.459 e. The second kappa shape index (κ2) is 6.18. The zero-order valence-corrected chi connectivity index (χ0v) is 12.9. The first-order chi connectivity index (χ1) is 10.9. The van der Waals surface area contributed by atoms with Gasteiger partial charge in [-0.3, -0.25) is 0 Å². The maximum atomic E-state index is 11.8. The molecule has 0 aliphatic carbocycles. The molecule has 2 N–H and O–H groups in total. The van der Waals surface area contributed by atoms with E-state index < -0.39 is 42.5 Å². The molecule has 7 nitrogen and oxygen atoms in total. The minimum absolute atomic E-state index is 0.293. The number of fused-ring (bicyclic) bond motifs is 1. The highest BCUT2D eigenvalue weighted by Crippen LogP contribution is 2.38. The van der Waals surface area contributed by atoms with Gasteiger partial charge in [0.15, 0.2) is 12.1 Å². The monoisotopic (exact) mass is 324 g/mol. The van der Waals surface area contributed by atoms with E-state index in [1.807, 2.05) is 0 Å². The Morgan fingerprint density at radius 2 is 2.00 bits per heavy atom. The van der Waals surface area contributed by atoms with Crippen molar-refractivity contribution in [1.29, 1.82) is 0 Å². The molecule has 2 saturated heterocycles. The summed E-state index contributed by atoms with van der Waals surface area (Å²) in [5.74, 6) is -1.39. The van der Waals surface area contributed by atoms with Gasteiger partial charge in [0, 0.05) is 0 Å². The Bertz CT molecular complexity index is 559. The predicted octanol–water partition coefficient (Wildman–Crippen LogP) is 0.442. The first-order valence-electron chi connectivity index (χ1n) is 7.47. The number of benzene rings is 1. The normalized spacial score (nSPS) is 33.2. The number of aliphatic hydroxyl groups is 2. The van der Waals surface area contributed by atoms with Crippen LogP contribution < -0.4 is 0 Å². The lowest BCUT2D eigenvalue weighted by atomic mass is 10.1. The van der Waals surface area contributed by atoms with Crippen LogP contribution >= 0.6 is 0 Å². The van der Waals surface area contributed by atoms with Crippen molar-refractivity contribution >= 4 is 5.97 Å². The van der Waals surface area contributed by atoms with Crippen LogP contribution in [0.25, 0.3) is 0 Å². The minimum Gasteiger partial charge on any atom is -0.459 e. The van der Waals surface area contributed by atoms with Crippen LogP contribution in [0.2, 0.25) is 0 Å². The average Bonchev–Trinajstić information content (AvgIpc) is 2.99. The molecule has 7 heteroatoms. The summed E-state index contributed by atoms with van der Waals surface area (Å²) in [7, 11) is 0. The van der Waals surface area contributed by atoms with Gasteiger partial charge >= 0.3 is 5.97 Å². The van der Waals surface area contributed by atoms with E-state index in [1.54, 1.807) is 44.2 Å². The molecule has 126 valence electrons. The van der Waals surface area contributed by atoms with Crippen molar-refractivity contribution < 1.29 is 34.0 Å². The maximum absolute atomic E-state index is 11.8. The van der Waals surface area contributed by atoms with Gasteiger partial charge in [0.1, 0.15) is 31.0 Å². The molecule has 23 heavy (non-hydrogen) atoms. The van der Waals surface area contributed by atoms with E-state index in [2.05, 4.69) is 0 Å². The first-order valence-corrected chi connectivity index (χ1v) is 7.47. The van der Waals surface area contributed by atoms with Gasteiger partial charge in [-0.05, 0) is 26.0 Å². The molecule has 0 amide bonds. The van der Waals surface area contributed by atoms with Crippen molar-refractivity contribution in [3.05, 3.63) is 35.9 Å². The molecule has 0 aromatic heterocycles. The number of ether oxygens (including phenoxy) is 4. The third-order valence-electron chi connectivity index (χ3n) is 3.83. The van der Waals surface area contributed by atoms with E-state index >= 15 is 0 Å². The van der Waals surface area contributed by atoms with Crippen molar-refractivity contribution in [3.8, 4) is 0 Å². The Morgan fingerprint density at radius 3 is 2.65 bits per heavy atom. The second-order valence-corrected chi connectivity index (χ2v) is 6.09. The van der Waals surface area contributed by atoms with E-state index in [9.17, 15) is 15.0 Å². The van der Waals surface area contributed by atoms with Gasteiger partial charge in [0.05, 0.1) is 5.56 Å². The van der Waals surface area contributed by atoms with Gasteiger partial charge in [-0.25, -0.2) is 4.79 Å². The summed E-state index contributed by atoms with van der Waals surface area (Å²) in [4.78, 5) is 11.8. The van der Waals surface area contributed by atoms with Crippen LogP contribution in [0.15, 0.2) is 30.3 Å². The molecule has 0 radical (unpaired) electrons. The van der Waals surface area contributed by atoms with Crippen molar-refractivity contribution in [2.75, 3.05) is 6.61 Å². The highest BCUT2D eigenvalue weighted by molar-refractivity contribution is 5.89. The van der Waals surface area contributed by atoms with E-state index in [-0.39, 0.29) is 6.61 Å². The topological polar surface area (TPSA) is 94.5 Å². The third-order valence-corrected chi connectivity index (χ3v) is 3.83. The molecule has 2 fully saturated rings. The Hall–Kier alpha value is -1.51. The fraction of sp³-hybridized carbons (Fsp3) is 0.562. The van der Waals surface area contributed by atoms with E-state index in [0.717, 1.165) is 0 Å².